The van der Waals surface area contributed by atoms with Crippen LogP contribution in [0.15, 0.2) is 39.5 Å². The number of hydrogen-bond donors (Lipinski definition) is 2. The van der Waals surface area contributed by atoms with E-state index < -0.39 is 0 Å². The summed E-state index contributed by atoms with van der Waals surface area (Å²) in [6.45, 7) is 1.82. The summed E-state index contributed by atoms with van der Waals surface area (Å²) in [5.41, 5.74) is 8.34. The fourth-order valence-electron chi connectivity index (χ4n) is 1.58. The van der Waals surface area contributed by atoms with Crippen LogP contribution in [0, 0.1) is 6.92 Å². The van der Waals surface area contributed by atoms with E-state index in [0.717, 1.165) is 10.0 Å². The molecule has 0 aliphatic heterocycles. The van der Waals surface area contributed by atoms with Crippen molar-refractivity contribution in [3.8, 4) is 0 Å². The molecule has 0 spiro atoms. The SMILES string of the molecule is Cc1c(N)cc(Br)cc1C(=O)Nc1ccc(Br)nc1. The Morgan fingerprint density at radius 1 is 1.32 bits per heavy atom. The first kappa shape index (κ1) is 14.0. The summed E-state index contributed by atoms with van der Waals surface area (Å²) >= 11 is 6.57. The van der Waals surface area contributed by atoms with Crippen molar-refractivity contribution in [2.75, 3.05) is 11.1 Å². The van der Waals surface area contributed by atoms with Gasteiger partial charge in [-0.15, -0.1) is 0 Å². The van der Waals surface area contributed by atoms with Gasteiger partial charge in [-0.1, -0.05) is 15.9 Å². The van der Waals surface area contributed by atoms with Crippen molar-refractivity contribution >= 4 is 49.1 Å². The van der Waals surface area contributed by atoms with Crippen LogP contribution in [0.5, 0.6) is 0 Å². The lowest BCUT2D eigenvalue weighted by Crippen LogP contribution is -2.14. The summed E-state index contributed by atoms with van der Waals surface area (Å²) in [5.74, 6) is -0.213. The average Bonchev–Trinajstić information content (AvgIpc) is 2.36. The number of nitrogen functional groups attached to an aromatic ring is 1. The number of pyridine rings is 1. The van der Waals surface area contributed by atoms with Crippen LogP contribution in [-0.4, -0.2) is 10.9 Å². The lowest BCUT2D eigenvalue weighted by atomic mass is 10.1. The van der Waals surface area contributed by atoms with Crippen LogP contribution in [0.2, 0.25) is 0 Å². The van der Waals surface area contributed by atoms with Gasteiger partial charge >= 0.3 is 0 Å². The van der Waals surface area contributed by atoms with Gasteiger partial charge in [0.05, 0.1) is 11.9 Å². The molecule has 3 N–H and O–H groups in total. The average molecular weight is 385 g/mol. The number of anilines is 2. The highest BCUT2D eigenvalue weighted by Gasteiger charge is 2.12. The van der Waals surface area contributed by atoms with E-state index in [2.05, 4.69) is 42.2 Å². The number of amides is 1. The molecule has 1 aromatic carbocycles. The van der Waals surface area contributed by atoms with Gasteiger partial charge in [0.1, 0.15) is 4.60 Å². The summed E-state index contributed by atoms with van der Waals surface area (Å²) in [4.78, 5) is 16.2. The van der Waals surface area contributed by atoms with Gasteiger partial charge in [-0.2, -0.15) is 0 Å². The Hall–Kier alpha value is -1.40. The lowest BCUT2D eigenvalue weighted by Gasteiger charge is -2.10. The number of aromatic nitrogens is 1. The van der Waals surface area contributed by atoms with Crippen molar-refractivity contribution in [3.05, 3.63) is 50.7 Å². The van der Waals surface area contributed by atoms with E-state index in [1.165, 1.54) is 0 Å². The van der Waals surface area contributed by atoms with Gasteiger partial charge in [0, 0.05) is 15.7 Å². The fraction of sp³-hybridized carbons (Fsp3) is 0.0769. The quantitative estimate of drug-likeness (QED) is 0.612. The summed E-state index contributed by atoms with van der Waals surface area (Å²) in [7, 11) is 0. The van der Waals surface area contributed by atoms with Crippen LogP contribution in [0.25, 0.3) is 0 Å². The highest BCUT2D eigenvalue weighted by atomic mass is 79.9. The minimum absolute atomic E-state index is 0.213. The molecule has 4 nitrogen and oxygen atoms in total. The van der Waals surface area contributed by atoms with Gasteiger partial charge in [0.25, 0.3) is 5.91 Å². The van der Waals surface area contributed by atoms with Crippen molar-refractivity contribution in [3.63, 3.8) is 0 Å². The third kappa shape index (κ3) is 3.33. The number of hydrogen-bond acceptors (Lipinski definition) is 3. The Bertz CT molecular complexity index is 627. The van der Waals surface area contributed by atoms with Crippen molar-refractivity contribution in [1.82, 2.24) is 4.98 Å². The van der Waals surface area contributed by atoms with Gasteiger partial charge < -0.3 is 11.1 Å². The summed E-state index contributed by atoms with van der Waals surface area (Å²) in [5, 5.41) is 2.78. The maximum absolute atomic E-state index is 12.2. The summed E-state index contributed by atoms with van der Waals surface area (Å²) in [6.07, 6.45) is 1.58. The van der Waals surface area contributed by atoms with Crippen molar-refractivity contribution in [2.45, 2.75) is 6.92 Å². The zero-order chi connectivity index (χ0) is 14.0. The molecule has 2 rings (SSSR count). The molecule has 0 unspecified atom stereocenters. The van der Waals surface area contributed by atoms with Gasteiger partial charge in [-0.25, -0.2) is 4.98 Å². The van der Waals surface area contributed by atoms with Crippen LogP contribution in [0.1, 0.15) is 15.9 Å². The molecule has 0 fully saturated rings. The Balaban J connectivity index is 2.27. The number of nitrogens with zero attached hydrogens (tertiary/aromatic N) is 1. The third-order valence-corrected chi connectivity index (χ3v) is 3.57. The zero-order valence-electron chi connectivity index (χ0n) is 10.1. The number of nitrogens with two attached hydrogens (primary N) is 1. The van der Waals surface area contributed by atoms with E-state index in [1.807, 2.05) is 6.92 Å². The maximum atomic E-state index is 12.2. The first-order valence-corrected chi connectivity index (χ1v) is 7.04. The second-order valence-corrected chi connectivity index (χ2v) is 5.72. The molecule has 0 aliphatic carbocycles. The number of halogens is 2. The van der Waals surface area contributed by atoms with E-state index in [0.29, 0.717) is 21.5 Å². The van der Waals surface area contributed by atoms with E-state index in [4.69, 9.17) is 5.73 Å². The molecule has 1 aromatic heterocycles. The van der Waals surface area contributed by atoms with Gasteiger partial charge in [-0.05, 0) is 52.7 Å². The molecule has 0 bridgehead atoms. The molecule has 0 atom stereocenters. The van der Waals surface area contributed by atoms with Crippen LogP contribution >= 0.6 is 31.9 Å². The highest BCUT2D eigenvalue weighted by Crippen LogP contribution is 2.23. The third-order valence-electron chi connectivity index (χ3n) is 2.64. The summed E-state index contributed by atoms with van der Waals surface area (Å²) in [6, 6.07) is 7.05. The molecule has 2 aromatic rings. The molecule has 0 saturated carbocycles. The smallest absolute Gasteiger partial charge is 0.256 e. The van der Waals surface area contributed by atoms with E-state index >= 15 is 0 Å². The van der Waals surface area contributed by atoms with E-state index in [9.17, 15) is 4.79 Å². The molecule has 1 amide bonds. The number of carbonyl (C=O) groups is 1. The monoisotopic (exact) mass is 383 g/mol. The minimum Gasteiger partial charge on any atom is -0.398 e. The molecule has 6 heteroatoms. The second-order valence-electron chi connectivity index (χ2n) is 3.99. The first-order valence-electron chi connectivity index (χ1n) is 5.46. The van der Waals surface area contributed by atoms with Crippen molar-refractivity contribution in [1.29, 1.82) is 0 Å². The second kappa shape index (κ2) is 5.71. The highest BCUT2D eigenvalue weighted by molar-refractivity contribution is 9.10. The van der Waals surface area contributed by atoms with E-state index in [-0.39, 0.29) is 5.91 Å². The maximum Gasteiger partial charge on any atom is 0.256 e. The van der Waals surface area contributed by atoms with Crippen molar-refractivity contribution < 1.29 is 4.79 Å². The van der Waals surface area contributed by atoms with Crippen molar-refractivity contribution in [2.24, 2.45) is 0 Å². The number of benzene rings is 1. The van der Waals surface area contributed by atoms with Crippen LogP contribution in [0.4, 0.5) is 11.4 Å². The molecule has 98 valence electrons. The number of nitrogens with one attached hydrogen (secondary N) is 1. The Morgan fingerprint density at radius 3 is 2.68 bits per heavy atom. The lowest BCUT2D eigenvalue weighted by molar-refractivity contribution is 0.102. The topological polar surface area (TPSA) is 68.0 Å². The predicted molar refractivity (Wildman–Crippen MR) is 83.2 cm³/mol. The Morgan fingerprint density at radius 2 is 2.05 bits per heavy atom. The summed E-state index contributed by atoms with van der Waals surface area (Å²) < 4.78 is 1.49. The Labute approximate surface area is 127 Å². The Kier molecular flexibility index (Phi) is 4.21. The zero-order valence-corrected chi connectivity index (χ0v) is 13.2. The van der Waals surface area contributed by atoms with Gasteiger partial charge in [0.15, 0.2) is 0 Å². The normalized spacial score (nSPS) is 10.3. The van der Waals surface area contributed by atoms with Gasteiger partial charge in [0.2, 0.25) is 0 Å². The van der Waals surface area contributed by atoms with Gasteiger partial charge in [-0.3, -0.25) is 4.79 Å². The molecular formula is C13H11Br2N3O. The molecule has 1 heterocycles. The number of carbonyl (C=O) groups excluding carboxylic acids is 1. The predicted octanol–water partition coefficient (Wildman–Crippen LogP) is 3.75. The molecule has 0 radical (unpaired) electrons. The van der Waals surface area contributed by atoms with Crippen LogP contribution in [0.3, 0.4) is 0 Å². The molecule has 0 saturated heterocycles. The van der Waals surface area contributed by atoms with E-state index in [1.54, 1.807) is 30.5 Å². The fourth-order valence-corrected chi connectivity index (χ4v) is 2.29. The standard InChI is InChI=1S/C13H11Br2N3O/c1-7-10(4-8(14)5-11(7)16)13(19)18-9-2-3-12(15)17-6-9/h2-6H,16H2,1H3,(H,18,19). The largest absolute Gasteiger partial charge is 0.398 e. The molecule has 0 aliphatic rings. The van der Waals surface area contributed by atoms with Crippen LogP contribution < -0.4 is 11.1 Å². The molecule has 19 heavy (non-hydrogen) atoms. The first-order chi connectivity index (χ1) is 8.97. The molecular weight excluding hydrogens is 374 g/mol. The number of rotatable bonds is 2. The van der Waals surface area contributed by atoms with Crippen LogP contribution in [-0.2, 0) is 0 Å². The minimum atomic E-state index is -0.213.